The van der Waals surface area contributed by atoms with Gasteiger partial charge in [-0.25, -0.2) is 15.0 Å². The molecule has 29 heavy (non-hydrogen) atoms. The lowest BCUT2D eigenvalue weighted by Crippen LogP contribution is -2.40. The van der Waals surface area contributed by atoms with E-state index in [4.69, 9.17) is 30.5 Å². The molecule has 0 spiro atoms. The van der Waals surface area contributed by atoms with Crippen LogP contribution in [0, 0.1) is 6.92 Å². The summed E-state index contributed by atoms with van der Waals surface area (Å²) in [6, 6.07) is 0. The number of ether oxygens (including phenoxy) is 4. The van der Waals surface area contributed by atoms with Crippen molar-refractivity contribution >= 4 is 40.7 Å². The number of nitrogens with zero attached hydrogens (tertiary/aromatic N) is 3. The number of nitrogens with one attached hydrogen (secondary N) is 1. The molecule has 0 aliphatic carbocycles. The van der Waals surface area contributed by atoms with Crippen LogP contribution in [-0.4, -0.2) is 62.8 Å². The second-order valence-corrected chi connectivity index (χ2v) is 6.79. The molecule has 0 bridgehead atoms. The van der Waals surface area contributed by atoms with Crippen LogP contribution in [0.3, 0.4) is 0 Å². The predicted octanol–water partition coefficient (Wildman–Crippen LogP) is 1.18. The van der Waals surface area contributed by atoms with E-state index in [1.807, 2.05) is 0 Å². The fraction of sp³-hybridized carbons (Fsp3) is 0.529. The minimum Gasteiger partial charge on any atom is -0.463 e. The lowest BCUT2D eigenvalue weighted by atomic mass is 10.1. The Balaban J connectivity index is 2.00. The van der Waals surface area contributed by atoms with Crippen molar-refractivity contribution in [2.24, 2.45) is 0 Å². The molecule has 2 aromatic heterocycles. The van der Waals surface area contributed by atoms with Crippen LogP contribution in [0.4, 0.5) is 0 Å². The highest BCUT2D eigenvalue weighted by Gasteiger charge is 2.51. The van der Waals surface area contributed by atoms with Crippen molar-refractivity contribution in [3.8, 4) is 0 Å². The maximum Gasteiger partial charge on any atom is 0.303 e. The first-order valence-corrected chi connectivity index (χ1v) is 9.06. The van der Waals surface area contributed by atoms with Gasteiger partial charge in [-0.1, -0.05) is 11.6 Å². The Morgan fingerprint density at radius 2 is 1.69 bits per heavy atom. The monoisotopic (exact) mass is 426 g/mol. The molecule has 11 nitrogen and oxygen atoms in total. The molecule has 1 aliphatic rings. The number of carbonyl (C=O) groups is 3. The Hall–Kier alpha value is -2.79. The zero-order valence-corrected chi connectivity index (χ0v) is 16.8. The number of imidazole rings is 1. The van der Waals surface area contributed by atoms with Gasteiger partial charge in [0, 0.05) is 20.8 Å². The van der Waals surface area contributed by atoms with Crippen molar-refractivity contribution in [3.63, 3.8) is 0 Å². The van der Waals surface area contributed by atoms with Gasteiger partial charge in [0.25, 0.3) is 0 Å². The lowest BCUT2D eigenvalue weighted by molar-refractivity contribution is -0.165. The van der Waals surface area contributed by atoms with Gasteiger partial charge in [-0.05, 0) is 6.92 Å². The van der Waals surface area contributed by atoms with Crippen molar-refractivity contribution in [2.75, 3.05) is 6.61 Å². The summed E-state index contributed by atoms with van der Waals surface area (Å²) in [5.41, 5.74) is 0.681. The van der Waals surface area contributed by atoms with Crippen molar-refractivity contribution in [2.45, 2.75) is 52.1 Å². The van der Waals surface area contributed by atoms with Crippen molar-refractivity contribution in [3.05, 3.63) is 16.8 Å². The maximum atomic E-state index is 11.7. The van der Waals surface area contributed by atoms with Crippen LogP contribution in [0.2, 0.25) is 5.15 Å². The van der Waals surface area contributed by atoms with Crippen molar-refractivity contribution in [1.82, 2.24) is 19.9 Å². The molecule has 1 unspecified atom stereocenters. The quantitative estimate of drug-likeness (QED) is 0.420. The number of fused-ring (bicyclic) bond motifs is 1. The molecule has 4 atom stereocenters. The molecule has 2 aromatic rings. The number of hydrogen-bond acceptors (Lipinski definition) is 10. The predicted molar refractivity (Wildman–Crippen MR) is 96.8 cm³/mol. The maximum absolute atomic E-state index is 11.7. The summed E-state index contributed by atoms with van der Waals surface area (Å²) in [4.78, 5) is 50.1. The number of aryl methyl sites for hydroxylation is 1. The minimum atomic E-state index is -1.04. The van der Waals surface area contributed by atoms with Crippen LogP contribution < -0.4 is 0 Å². The van der Waals surface area contributed by atoms with E-state index in [1.54, 1.807) is 6.92 Å². The minimum absolute atomic E-state index is 0.168. The van der Waals surface area contributed by atoms with Crippen molar-refractivity contribution < 1.29 is 33.3 Å². The largest absolute Gasteiger partial charge is 0.463 e. The molecule has 0 aromatic carbocycles. The van der Waals surface area contributed by atoms with Crippen LogP contribution in [0.1, 0.15) is 38.5 Å². The summed E-state index contributed by atoms with van der Waals surface area (Å²) in [6.07, 6.45) is -3.88. The molecular weight excluding hydrogens is 408 g/mol. The first kappa shape index (κ1) is 20.9. The SMILES string of the molecule is CC(=O)OC[C@H]1OC(c2nc3nc(C)nc(Cl)c3[nH]2)[C@@H](OC(C)=O)[C@@H]1OC(C)=O. The third-order valence-corrected chi connectivity index (χ3v) is 4.34. The molecular formula is C17H19ClN4O7. The summed E-state index contributed by atoms with van der Waals surface area (Å²) >= 11 is 6.14. The topological polar surface area (TPSA) is 143 Å². The lowest BCUT2D eigenvalue weighted by Gasteiger charge is -2.22. The third kappa shape index (κ3) is 4.62. The molecule has 1 fully saturated rings. The molecule has 0 radical (unpaired) electrons. The van der Waals surface area contributed by atoms with Crippen LogP contribution in [0.5, 0.6) is 0 Å². The van der Waals surface area contributed by atoms with Gasteiger partial charge in [0.1, 0.15) is 29.9 Å². The Morgan fingerprint density at radius 3 is 2.31 bits per heavy atom. The average Bonchev–Trinajstić information content (AvgIpc) is 3.15. The Labute approximate surface area is 170 Å². The smallest absolute Gasteiger partial charge is 0.303 e. The van der Waals surface area contributed by atoms with E-state index < -0.39 is 42.3 Å². The van der Waals surface area contributed by atoms with Gasteiger partial charge in [-0.2, -0.15) is 0 Å². The van der Waals surface area contributed by atoms with E-state index in [0.29, 0.717) is 17.0 Å². The van der Waals surface area contributed by atoms with Gasteiger partial charge in [0.05, 0.1) is 0 Å². The Morgan fingerprint density at radius 1 is 1.03 bits per heavy atom. The summed E-state index contributed by atoms with van der Waals surface area (Å²) in [5.74, 6) is -1.09. The highest BCUT2D eigenvalue weighted by molar-refractivity contribution is 6.33. The normalized spacial score (nSPS) is 23.8. The summed E-state index contributed by atoms with van der Waals surface area (Å²) in [6.45, 7) is 5.12. The Bertz CT molecular complexity index is 963. The van der Waals surface area contributed by atoms with E-state index >= 15 is 0 Å². The van der Waals surface area contributed by atoms with E-state index in [1.165, 1.54) is 20.8 Å². The van der Waals surface area contributed by atoms with Crippen LogP contribution in [0.15, 0.2) is 0 Å². The summed E-state index contributed by atoms with van der Waals surface area (Å²) < 4.78 is 21.6. The first-order valence-electron chi connectivity index (χ1n) is 8.68. The van der Waals surface area contributed by atoms with Crippen molar-refractivity contribution in [1.29, 1.82) is 0 Å². The van der Waals surface area contributed by atoms with Crippen LogP contribution in [-0.2, 0) is 33.3 Å². The number of aromatic nitrogens is 4. The highest BCUT2D eigenvalue weighted by Crippen LogP contribution is 2.37. The van der Waals surface area contributed by atoms with E-state index in [-0.39, 0.29) is 17.6 Å². The summed E-state index contributed by atoms with van der Waals surface area (Å²) in [5, 5.41) is 0.168. The highest BCUT2D eigenvalue weighted by atomic mass is 35.5. The number of H-pyrrole nitrogens is 1. The van der Waals surface area contributed by atoms with E-state index in [9.17, 15) is 14.4 Å². The fourth-order valence-corrected chi connectivity index (χ4v) is 3.31. The molecule has 156 valence electrons. The van der Waals surface area contributed by atoms with Gasteiger partial charge in [-0.15, -0.1) is 0 Å². The van der Waals surface area contributed by atoms with Gasteiger partial charge >= 0.3 is 17.9 Å². The zero-order chi connectivity index (χ0) is 21.3. The second kappa shape index (κ2) is 8.29. The van der Waals surface area contributed by atoms with Gasteiger partial charge < -0.3 is 23.9 Å². The standard InChI is InChI=1S/C17H19ClN4O7/c1-6-19-15(18)11-16(20-6)22-17(21-11)14-13(28-9(4)25)12(27-8(3)24)10(29-14)5-26-7(2)23/h10,12-14H,5H2,1-4H3,(H,19,20,21,22)/t10-,12-,13+,14?/m1/s1. The summed E-state index contributed by atoms with van der Waals surface area (Å²) in [7, 11) is 0. The van der Waals surface area contributed by atoms with Gasteiger partial charge in [-0.3, -0.25) is 14.4 Å². The molecule has 12 heteroatoms. The van der Waals surface area contributed by atoms with E-state index in [2.05, 4.69) is 19.9 Å². The average molecular weight is 427 g/mol. The first-order chi connectivity index (χ1) is 13.7. The molecule has 1 saturated heterocycles. The fourth-order valence-electron chi connectivity index (χ4n) is 3.05. The van der Waals surface area contributed by atoms with Gasteiger partial charge in [0.15, 0.2) is 29.1 Å². The van der Waals surface area contributed by atoms with Crippen LogP contribution >= 0.6 is 11.6 Å². The molecule has 1 aliphatic heterocycles. The van der Waals surface area contributed by atoms with Gasteiger partial charge in [0.2, 0.25) is 0 Å². The number of hydrogen-bond donors (Lipinski definition) is 1. The molecule has 0 amide bonds. The molecule has 1 N–H and O–H groups in total. The number of aromatic amines is 1. The molecule has 3 heterocycles. The number of rotatable bonds is 5. The molecule has 0 saturated carbocycles. The zero-order valence-electron chi connectivity index (χ0n) is 16.1. The third-order valence-electron chi connectivity index (χ3n) is 4.07. The van der Waals surface area contributed by atoms with E-state index in [0.717, 1.165) is 0 Å². The van der Waals surface area contributed by atoms with Crippen LogP contribution in [0.25, 0.3) is 11.2 Å². The molecule has 3 rings (SSSR count). The number of halogens is 1. The second-order valence-electron chi connectivity index (χ2n) is 6.43. The Kier molecular flexibility index (Phi) is 5.99. The number of esters is 3. The number of carbonyl (C=O) groups excluding carboxylic acids is 3.